The Balaban J connectivity index is 1.50. The molecule has 0 aliphatic carbocycles. The van der Waals surface area contributed by atoms with E-state index in [0.717, 1.165) is 31.6 Å². The van der Waals surface area contributed by atoms with Gasteiger partial charge in [-0.25, -0.2) is 13.2 Å². The molecular weight excluding hydrogens is 380 g/mol. The second-order valence-electron chi connectivity index (χ2n) is 7.58. The van der Waals surface area contributed by atoms with Crippen molar-refractivity contribution in [2.75, 3.05) is 24.6 Å². The lowest BCUT2D eigenvalue weighted by atomic mass is 10.1. The number of H-pyrrole nitrogens is 1. The topological polar surface area (TPSA) is 104 Å². The second-order valence-corrected chi connectivity index (χ2v) is 9.74. The largest absolute Gasteiger partial charge is 0.347 e. The number of benzene rings is 1. The first-order valence-electron chi connectivity index (χ1n) is 9.47. The summed E-state index contributed by atoms with van der Waals surface area (Å²) in [6.07, 6.45) is 3.76. The molecule has 28 heavy (non-hydrogen) atoms. The van der Waals surface area contributed by atoms with Gasteiger partial charge < -0.3 is 10.3 Å². The van der Waals surface area contributed by atoms with Gasteiger partial charge in [0, 0.05) is 23.5 Å². The third-order valence-corrected chi connectivity index (χ3v) is 7.31. The van der Waals surface area contributed by atoms with E-state index in [1.165, 1.54) is 4.57 Å². The number of likely N-dealkylation sites (tertiary alicyclic amines) is 1. The van der Waals surface area contributed by atoms with Crippen molar-refractivity contribution in [1.29, 1.82) is 0 Å². The molecule has 1 aromatic carbocycles. The fraction of sp³-hybridized carbons (Fsp3) is 0.474. The Kier molecular flexibility index (Phi) is 4.88. The van der Waals surface area contributed by atoms with Crippen LogP contribution in [0.4, 0.5) is 0 Å². The van der Waals surface area contributed by atoms with Crippen LogP contribution in [0, 0.1) is 6.92 Å². The molecule has 0 saturated carbocycles. The number of hydrogen-bond donors (Lipinski definition) is 2. The monoisotopic (exact) mass is 404 g/mol. The Bertz CT molecular complexity index is 1030. The molecule has 2 aromatic rings. The van der Waals surface area contributed by atoms with E-state index in [1.54, 1.807) is 30.5 Å². The number of carbonyl (C=O) groups is 1. The molecule has 2 N–H and O–H groups in total. The van der Waals surface area contributed by atoms with Gasteiger partial charge in [-0.1, -0.05) is 0 Å². The van der Waals surface area contributed by atoms with E-state index in [9.17, 15) is 18.0 Å². The minimum atomic E-state index is -3.15. The highest BCUT2D eigenvalue weighted by molar-refractivity contribution is 7.91. The summed E-state index contributed by atoms with van der Waals surface area (Å²) in [5.74, 6) is -0.210. The Morgan fingerprint density at radius 2 is 1.82 bits per heavy atom. The molecule has 0 spiro atoms. The van der Waals surface area contributed by atoms with Crippen LogP contribution >= 0.6 is 0 Å². The number of aromatic amines is 1. The highest BCUT2D eigenvalue weighted by Gasteiger charge is 2.42. The molecule has 0 radical (unpaired) electrons. The molecule has 9 heteroatoms. The Hall–Kier alpha value is -2.39. The molecular formula is C19H24N4O4S. The molecule has 2 fully saturated rings. The number of aryl methyl sites for hydroxylation is 1. The Morgan fingerprint density at radius 3 is 2.43 bits per heavy atom. The first kappa shape index (κ1) is 18.9. The quantitative estimate of drug-likeness (QED) is 0.771. The minimum Gasteiger partial charge on any atom is -0.347 e. The number of nitrogens with zero attached hydrogens (tertiary/aromatic N) is 2. The summed E-state index contributed by atoms with van der Waals surface area (Å²) in [6, 6.07) is 6.16. The van der Waals surface area contributed by atoms with E-state index in [1.807, 2.05) is 6.92 Å². The third kappa shape index (κ3) is 3.64. The second kappa shape index (κ2) is 7.21. The van der Waals surface area contributed by atoms with Crippen molar-refractivity contribution >= 4 is 15.7 Å². The summed E-state index contributed by atoms with van der Waals surface area (Å²) in [6.45, 7) is 3.58. The van der Waals surface area contributed by atoms with E-state index < -0.39 is 15.9 Å². The van der Waals surface area contributed by atoms with Crippen LogP contribution in [-0.2, 0) is 9.84 Å². The van der Waals surface area contributed by atoms with Gasteiger partial charge >= 0.3 is 5.69 Å². The molecule has 0 bridgehead atoms. The van der Waals surface area contributed by atoms with E-state index >= 15 is 0 Å². The van der Waals surface area contributed by atoms with Gasteiger partial charge in [-0.2, -0.15) is 0 Å². The summed E-state index contributed by atoms with van der Waals surface area (Å²) in [5.41, 5.74) is 1.64. The van der Waals surface area contributed by atoms with E-state index in [2.05, 4.69) is 15.2 Å². The molecule has 150 valence electrons. The van der Waals surface area contributed by atoms with Crippen LogP contribution in [-0.4, -0.2) is 65.5 Å². The fourth-order valence-electron chi connectivity index (χ4n) is 4.19. The average molecular weight is 404 g/mol. The molecule has 2 saturated heterocycles. The van der Waals surface area contributed by atoms with Gasteiger partial charge in [0.2, 0.25) is 0 Å². The lowest BCUT2D eigenvalue weighted by molar-refractivity contribution is 0.0918. The number of amides is 1. The van der Waals surface area contributed by atoms with Crippen molar-refractivity contribution < 1.29 is 13.2 Å². The highest BCUT2D eigenvalue weighted by Crippen LogP contribution is 2.23. The predicted molar refractivity (Wildman–Crippen MR) is 106 cm³/mol. The van der Waals surface area contributed by atoms with Gasteiger partial charge in [-0.05, 0) is 57.1 Å². The van der Waals surface area contributed by atoms with Crippen LogP contribution < -0.4 is 11.0 Å². The van der Waals surface area contributed by atoms with Gasteiger partial charge in [0.25, 0.3) is 5.91 Å². The lowest BCUT2D eigenvalue weighted by Crippen LogP contribution is -2.50. The van der Waals surface area contributed by atoms with E-state index in [-0.39, 0.29) is 29.1 Å². The van der Waals surface area contributed by atoms with Gasteiger partial charge in [-0.15, -0.1) is 0 Å². The zero-order valence-corrected chi connectivity index (χ0v) is 16.5. The van der Waals surface area contributed by atoms with Gasteiger partial charge in [0.15, 0.2) is 9.84 Å². The first-order valence-corrected chi connectivity index (χ1v) is 11.3. The van der Waals surface area contributed by atoms with Crippen LogP contribution in [0.2, 0.25) is 0 Å². The molecule has 2 aliphatic rings. The summed E-state index contributed by atoms with van der Waals surface area (Å²) in [4.78, 5) is 29.4. The number of rotatable bonds is 4. The standard InChI is InChI=1S/C19H24N4O4S/c1-13-10-20-19(25)23(13)15-6-4-14(5-7-15)18(24)21-16-11-28(26,27)12-17(16)22-8-2-3-9-22/h4-7,10,16-17H,2-3,8-9,11-12H2,1H3,(H,20,25)(H,21,24). The van der Waals surface area contributed by atoms with Crippen molar-refractivity contribution in [3.05, 3.63) is 52.2 Å². The van der Waals surface area contributed by atoms with Crippen molar-refractivity contribution in [2.45, 2.75) is 31.8 Å². The fourth-order valence-corrected chi connectivity index (χ4v) is 6.14. The highest BCUT2D eigenvalue weighted by atomic mass is 32.2. The Labute approximate surface area is 163 Å². The number of sulfone groups is 1. The van der Waals surface area contributed by atoms with Crippen LogP contribution in [0.5, 0.6) is 0 Å². The third-order valence-electron chi connectivity index (χ3n) is 5.60. The summed E-state index contributed by atoms with van der Waals surface area (Å²) in [5, 5.41) is 2.92. The number of imidazole rings is 1. The SMILES string of the molecule is Cc1c[nH]c(=O)n1-c1ccc(C(=O)NC2CS(=O)(=O)CC2N2CCCC2)cc1. The number of aromatic nitrogens is 2. The van der Waals surface area contributed by atoms with Crippen molar-refractivity contribution in [2.24, 2.45) is 0 Å². The van der Waals surface area contributed by atoms with E-state index in [0.29, 0.717) is 11.3 Å². The van der Waals surface area contributed by atoms with Crippen molar-refractivity contribution in [1.82, 2.24) is 19.8 Å². The smallest absolute Gasteiger partial charge is 0.330 e. The maximum atomic E-state index is 12.7. The van der Waals surface area contributed by atoms with Gasteiger partial charge in [0.05, 0.1) is 23.2 Å². The number of carbonyl (C=O) groups excluding carboxylic acids is 1. The summed E-state index contributed by atoms with van der Waals surface area (Å²) >= 11 is 0. The van der Waals surface area contributed by atoms with Crippen LogP contribution in [0.25, 0.3) is 5.69 Å². The molecule has 2 aliphatic heterocycles. The molecule has 4 rings (SSSR count). The minimum absolute atomic E-state index is 0.0179. The number of nitrogens with one attached hydrogen (secondary N) is 2. The zero-order valence-electron chi connectivity index (χ0n) is 15.7. The van der Waals surface area contributed by atoms with E-state index in [4.69, 9.17) is 0 Å². The molecule has 1 amide bonds. The zero-order chi connectivity index (χ0) is 19.9. The Morgan fingerprint density at radius 1 is 1.14 bits per heavy atom. The maximum Gasteiger partial charge on any atom is 0.330 e. The van der Waals surface area contributed by atoms with Gasteiger partial charge in [-0.3, -0.25) is 14.3 Å². The predicted octanol–water partition coefficient (Wildman–Crippen LogP) is 0.465. The van der Waals surface area contributed by atoms with Gasteiger partial charge in [0.1, 0.15) is 0 Å². The van der Waals surface area contributed by atoms with Crippen LogP contribution in [0.15, 0.2) is 35.3 Å². The summed E-state index contributed by atoms with van der Waals surface area (Å²) in [7, 11) is -3.15. The molecule has 8 nitrogen and oxygen atoms in total. The molecule has 1 aromatic heterocycles. The molecule has 3 heterocycles. The van der Waals surface area contributed by atoms with Crippen LogP contribution in [0.1, 0.15) is 28.9 Å². The molecule has 2 atom stereocenters. The normalized spacial score (nSPS) is 24.5. The lowest BCUT2D eigenvalue weighted by Gasteiger charge is -2.28. The average Bonchev–Trinajstić information content (AvgIpc) is 3.35. The molecule has 2 unspecified atom stereocenters. The number of hydrogen-bond acceptors (Lipinski definition) is 5. The van der Waals surface area contributed by atoms with Crippen molar-refractivity contribution in [3.8, 4) is 5.69 Å². The maximum absolute atomic E-state index is 12.7. The van der Waals surface area contributed by atoms with Crippen molar-refractivity contribution in [3.63, 3.8) is 0 Å². The summed E-state index contributed by atoms with van der Waals surface area (Å²) < 4.78 is 25.8. The van der Waals surface area contributed by atoms with Crippen LogP contribution in [0.3, 0.4) is 0 Å². The first-order chi connectivity index (χ1) is 13.3.